The fourth-order valence-corrected chi connectivity index (χ4v) is 7.65. The Morgan fingerprint density at radius 2 is 1.65 bits per heavy atom. The fourth-order valence-electron chi connectivity index (χ4n) is 4.74. The third-order valence-electron chi connectivity index (χ3n) is 6.80. The van der Waals surface area contributed by atoms with Crippen molar-refractivity contribution in [2.75, 3.05) is 54.4 Å². The van der Waals surface area contributed by atoms with E-state index in [0.717, 1.165) is 25.9 Å². The summed E-state index contributed by atoms with van der Waals surface area (Å²) >= 11 is 18.3. The van der Waals surface area contributed by atoms with Crippen LogP contribution < -0.4 is 15.1 Å². The number of carbonyl (C=O) groups excluding carboxylic acids is 1. The molecule has 40 heavy (non-hydrogen) atoms. The molecule has 2 aliphatic heterocycles. The van der Waals surface area contributed by atoms with Crippen molar-refractivity contribution in [3.63, 3.8) is 0 Å². The van der Waals surface area contributed by atoms with Crippen molar-refractivity contribution in [1.82, 2.24) is 14.3 Å². The highest BCUT2D eigenvalue weighted by molar-refractivity contribution is 7.89. The number of pyridine rings is 1. The van der Waals surface area contributed by atoms with Crippen LogP contribution in [0, 0.1) is 0 Å². The minimum atomic E-state index is -3.91. The number of amides is 1. The van der Waals surface area contributed by atoms with Crippen LogP contribution in [0.2, 0.25) is 15.1 Å². The minimum absolute atomic E-state index is 0.0208. The highest BCUT2D eigenvalue weighted by Gasteiger charge is 2.32. The first-order valence-electron chi connectivity index (χ1n) is 12.7. The molecule has 1 amide bonds. The van der Waals surface area contributed by atoms with Gasteiger partial charge >= 0.3 is 0 Å². The van der Waals surface area contributed by atoms with Crippen molar-refractivity contribution in [3.05, 3.63) is 63.6 Å². The van der Waals surface area contributed by atoms with E-state index in [4.69, 9.17) is 39.2 Å². The van der Waals surface area contributed by atoms with Crippen LogP contribution in [0.3, 0.4) is 0 Å². The second-order valence-electron chi connectivity index (χ2n) is 9.41. The van der Waals surface area contributed by atoms with Crippen LogP contribution in [0.15, 0.2) is 46.4 Å². The number of halogens is 3. The fraction of sp³-hybridized carbons (Fsp3) is 0.346. The molecule has 2 aliphatic rings. The van der Waals surface area contributed by atoms with Gasteiger partial charge in [0.2, 0.25) is 15.8 Å². The maximum absolute atomic E-state index is 13.2. The lowest BCUT2D eigenvalue weighted by Gasteiger charge is -2.35. The Bertz CT molecular complexity index is 1490. The molecule has 4 heterocycles. The van der Waals surface area contributed by atoms with E-state index < -0.39 is 15.9 Å². The lowest BCUT2D eigenvalue weighted by molar-refractivity contribution is 0.0997. The average molecular weight is 626 g/mol. The summed E-state index contributed by atoms with van der Waals surface area (Å²) in [6.45, 7) is 6.67. The Morgan fingerprint density at radius 1 is 0.975 bits per heavy atom. The standard InChI is InChI=1S/C26H27Cl3N6O4S/c1-2-21-23(39-26(32-21)34-8-4-3-5-9-34)25(36)31-18-6-7-22(30-16-18)33-10-12-35(13-11-33)40(37,38)24-19(28)14-17(27)15-20(24)29/h2,6-7,14-16H,1,3-5,8-13H2,(H,31,36). The van der Waals surface area contributed by atoms with Crippen LogP contribution in [0.25, 0.3) is 6.08 Å². The number of aromatic nitrogens is 2. The maximum atomic E-state index is 13.2. The van der Waals surface area contributed by atoms with Gasteiger partial charge in [0, 0.05) is 44.3 Å². The zero-order chi connectivity index (χ0) is 28.4. The van der Waals surface area contributed by atoms with Gasteiger partial charge in [-0.1, -0.05) is 41.4 Å². The number of anilines is 3. The number of carbonyl (C=O) groups is 1. The van der Waals surface area contributed by atoms with Crippen LogP contribution in [0.1, 0.15) is 35.5 Å². The number of hydrogen-bond acceptors (Lipinski definition) is 8. The predicted octanol–water partition coefficient (Wildman–Crippen LogP) is 5.43. The van der Waals surface area contributed by atoms with Gasteiger partial charge in [0.05, 0.1) is 21.9 Å². The number of nitrogens with zero attached hydrogens (tertiary/aromatic N) is 5. The number of piperidine rings is 1. The van der Waals surface area contributed by atoms with Crippen molar-refractivity contribution in [2.45, 2.75) is 24.2 Å². The van der Waals surface area contributed by atoms with Crippen molar-refractivity contribution in [3.8, 4) is 0 Å². The predicted molar refractivity (Wildman–Crippen MR) is 157 cm³/mol. The Labute approximate surface area is 247 Å². The molecule has 1 aromatic carbocycles. The van der Waals surface area contributed by atoms with Crippen LogP contribution >= 0.6 is 34.8 Å². The molecule has 14 heteroatoms. The van der Waals surface area contributed by atoms with E-state index in [1.165, 1.54) is 28.9 Å². The lowest BCUT2D eigenvalue weighted by atomic mass is 10.1. The highest BCUT2D eigenvalue weighted by Crippen LogP contribution is 2.35. The topological polar surface area (TPSA) is 112 Å². The quantitative estimate of drug-likeness (QED) is 0.370. The molecule has 0 atom stereocenters. The van der Waals surface area contributed by atoms with E-state index >= 15 is 0 Å². The molecule has 212 valence electrons. The molecule has 3 aromatic rings. The summed E-state index contributed by atoms with van der Waals surface area (Å²) < 4.78 is 33.6. The molecule has 0 saturated carbocycles. The SMILES string of the molecule is C=Cc1nc(N2CCCCC2)oc1C(=O)Nc1ccc(N2CCN(S(=O)(=O)c3c(Cl)cc(Cl)cc3Cl)CC2)nc1. The van der Waals surface area contributed by atoms with Crippen LogP contribution in [-0.4, -0.2) is 67.9 Å². The molecular weight excluding hydrogens is 599 g/mol. The Balaban J connectivity index is 1.22. The number of sulfonamides is 1. The average Bonchev–Trinajstić information content (AvgIpc) is 3.38. The van der Waals surface area contributed by atoms with Crippen LogP contribution in [0.5, 0.6) is 0 Å². The smallest absolute Gasteiger partial charge is 0.298 e. The molecule has 0 aliphatic carbocycles. The zero-order valence-corrected chi connectivity index (χ0v) is 24.5. The first-order chi connectivity index (χ1) is 19.2. The molecule has 1 N–H and O–H groups in total. The normalized spacial score (nSPS) is 16.7. The van der Waals surface area contributed by atoms with Gasteiger partial charge in [-0.3, -0.25) is 4.79 Å². The molecule has 0 bridgehead atoms. The van der Waals surface area contributed by atoms with Gasteiger partial charge in [-0.2, -0.15) is 9.29 Å². The number of rotatable bonds is 7. The molecule has 2 aromatic heterocycles. The van der Waals surface area contributed by atoms with E-state index in [0.29, 0.717) is 36.3 Å². The van der Waals surface area contributed by atoms with Gasteiger partial charge < -0.3 is 19.5 Å². The number of hydrogen-bond donors (Lipinski definition) is 1. The Morgan fingerprint density at radius 3 is 2.25 bits per heavy atom. The number of piperazine rings is 1. The summed E-state index contributed by atoms with van der Waals surface area (Å²) in [5, 5.41) is 3.01. The molecule has 2 saturated heterocycles. The molecule has 2 fully saturated rings. The summed E-state index contributed by atoms with van der Waals surface area (Å²) in [6.07, 6.45) is 6.33. The second-order valence-corrected chi connectivity index (χ2v) is 12.5. The van der Waals surface area contributed by atoms with E-state index in [1.807, 2.05) is 9.80 Å². The highest BCUT2D eigenvalue weighted by atomic mass is 35.5. The monoisotopic (exact) mass is 624 g/mol. The van der Waals surface area contributed by atoms with E-state index in [9.17, 15) is 13.2 Å². The molecule has 0 unspecified atom stereocenters. The Kier molecular flexibility index (Phi) is 8.58. The van der Waals surface area contributed by atoms with Crippen molar-refractivity contribution in [2.24, 2.45) is 0 Å². The van der Waals surface area contributed by atoms with E-state index in [-0.39, 0.29) is 38.8 Å². The maximum Gasteiger partial charge on any atom is 0.298 e. The van der Waals surface area contributed by atoms with Crippen molar-refractivity contribution < 1.29 is 17.6 Å². The van der Waals surface area contributed by atoms with Gasteiger partial charge in [0.1, 0.15) is 16.4 Å². The van der Waals surface area contributed by atoms with Gasteiger partial charge in [-0.05, 0) is 49.6 Å². The summed E-state index contributed by atoms with van der Waals surface area (Å²) in [5.74, 6) is 0.299. The summed E-state index contributed by atoms with van der Waals surface area (Å²) in [4.78, 5) is 25.7. The minimum Gasteiger partial charge on any atom is -0.417 e. The molecule has 0 radical (unpaired) electrons. The first-order valence-corrected chi connectivity index (χ1v) is 15.3. The summed E-state index contributed by atoms with van der Waals surface area (Å²) in [5.41, 5.74) is 0.865. The lowest BCUT2D eigenvalue weighted by Crippen LogP contribution is -2.49. The number of nitrogens with one attached hydrogen (secondary N) is 1. The van der Waals surface area contributed by atoms with Gasteiger partial charge in [-0.25, -0.2) is 13.4 Å². The zero-order valence-electron chi connectivity index (χ0n) is 21.4. The van der Waals surface area contributed by atoms with Crippen molar-refractivity contribution >= 4 is 74.3 Å². The van der Waals surface area contributed by atoms with Crippen LogP contribution in [-0.2, 0) is 10.0 Å². The van der Waals surface area contributed by atoms with Gasteiger partial charge in [0.15, 0.2) is 0 Å². The summed E-state index contributed by atoms with van der Waals surface area (Å²) in [6, 6.07) is 6.63. The van der Waals surface area contributed by atoms with Gasteiger partial charge in [-0.15, -0.1) is 0 Å². The first kappa shape index (κ1) is 28.7. The van der Waals surface area contributed by atoms with E-state index in [1.54, 1.807) is 18.3 Å². The third-order valence-corrected chi connectivity index (χ3v) is 9.84. The number of benzene rings is 1. The number of oxazole rings is 1. The summed E-state index contributed by atoms with van der Waals surface area (Å²) in [7, 11) is -3.91. The largest absolute Gasteiger partial charge is 0.417 e. The molecule has 5 rings (SSSR count). The molecular formula is C26H27Cl3N6O4S. The van der Waals surface area contributed by atoms with Crippen molar-refractivity contribution in [1.29, 1.82) is 0 Å². The molecule has 0 spiro atoms. The second kappa shape index (κ2) is 12.0. The van der Waals surface area contributed by atoms with E-state index in [2.05, 4.69) is 21.9 Å². The molecule has 10 nitrogen and oxygen atoms in total. The Hall–Kier alpha value is -2.83. The van der Waals surface area contributed by atoms with Gasteiger partial charge in [0.25, 0.3) is 11.9 Å². The third kappa shape index (κ3) is 5.94. The van der Waals surface area contributed by atoms with Crippen LogP contribution in [0.4, 0.5) is 17.5 Å².